The van der Waals surface area contributed by atoms with Crippen LogP contribution in [0, 0.1) is 0 Å². The third-order valence-corrected chi connectivity index (χ3v) is 7.58. The van der Waals surface area contributed by atoms with E-state index >= 15 is 0 Å². The van der Waals surface area contributed by atoms with Crippen LogP contribution in [0.2, 0.25) is 5.02 Å². The van der Waals surface area contributed by atoms with Crippen LogP contribution in [0.4, 0.5) is 5.69 Å². The van der Waals surface area contributed by atoms with E-state index in [0.29, 0.717) is 42.5 Å². The van der Waals surface area contributed by atoms with Crippen molar-refractivity contribution in [1.29, 1.82) is 0 Å². The number of hydrogen-bond donors (Lipinski definition) is 1. The third kappa shape index (κ3) is 7.30. The number of rotatable bonds is 13. The van der Waals surface area contributed by atoms with Gasteiger partial charge in [-0.1, -0.05) is 29.8 Å². The molecule has 8 nitrogen and oxygen atoms in total. The Kier molecular flexibility index (Phi) is 10.0. The molecule has 3 aromatic rings. The quantitative estimate of drug-likeness (QED) is 0.312. The lowest BCUT2D eigenvalue weighted by atomic mass is 10.1. The van der Waals surface area contributed by atoms with Crippen molar-refractivity contribution < 1.29 is 27.4 Å². The van der Waals surface area contributed by atoms with Crippen LogP contribution >= 0.6 is 11.6 Å². The van der Waals surface area contributed by atoms with Crippen LogP contribution < -0.4 is 23.8 Å². The maximum atomic E-state index is 13.6. The van der Waals surface area contributed by atoms with E-state index in [0.717, 1.165) is 15.6 Å². The van der Waals surface area contributed by atoms with Gasteiger partial charge in [-0.25, -0.2) is 8.42 Å². The Hall–Kier alpha value is -3.43. The average molecular weight is 547 g/mol. The molecule has 0 saturated heterocycles. The van der Waals surface area contributed by atoms with Crippen molar-refractivity contribution in [2.45, 2.75) is 24.7 Å². The number of benzene rings is 3. The number of methoxy groups -OCH3 is 2. The van der Waals surface area contributed by atoms with Crippen LogP contribution in [-0.2, 0) is 21.2 Å². The lowest BCUT2D eigenvalue weighted by molar-refractivity contribution is -0.119. The fraction of sp³-hybridized carbons (Fsp3) is 0.296. The fourth-order valence-corrected chi connectivity index (χ4v) is 5.29. The van der Waals surface area contributed by atoms with E-state index in [1.807, 2.05) is 31.2 Å². The predicted octanol–water partition coefficient (Wildman–Crippen LogP) is 4.70. The number of nitrogens with zero attached hydrogens (tertiary/aromatic N) is 1. The summed E-state index contributed by atoms with van der Waals surface area (Å²) in [5, 5.41) is 3.27. The van der Waals surface area contributed by atoms with Gasteiger partial charge in [0.25, 0.3) is 10.0 Å². The van der Waals surface area contributed by atoms with Gasteiger partial charge in [-0.05, 0) is 67.8 Å². The number of hydrogen-bond acceptors (Lipinski definition) is 6. The van der Waals surface area contributed by atoms with Crippen molar-refractivity contribution in [1.82, 2.24) is 5.32 Å². The summed E-state index contributed by atoms with van der Waals surface area (Å²) in [6, 6.07) is 18.3. The van der Waals surface area contributed by atoms with E-state index in [1.54, 1.807) is 24.3 Å². The van der Waals surface area contributed by atoms with Crippen molar-refractivity contribution in [2.24, 2.45) is 0 Å². The number of para-hydroxylation sites is 1. The van der Waals surface area contributed by atoms with Gasteiger partial charge < -0.3 is 19.5 Å². The summed E-state index contributed by atoms with van der Waals surface area (Å²) in [4.78, 5) is 12.8. The predicted molar refractivity (Wildman–Crippen MR) is 144 cm³/mol. The molecule has 3 aromatic carbocycles. The first-order chi connectivity index (χ1) is 17.8. The van der Waals surface area contributed by atoms with Gasteiger partial charge in [0.1, 0.15) is 12.3 Å². The summed E-state index contributed by atoms with van der Waals surface area (Å²) in [5.74, 6) is 1.04. The molecule has 1 N–H and O–H groups in total. The molecule has 0 aliphatic heterocycles. The van der Waals surface area contributed by atoms with E-state index < -0.39 is 22.5 Å². The van der Waals surface area contributed by atoms with Crippen molar-refractivity contribution in [3.05, 3.63) is 77.3 Å². The molecule has 198 valence electrons. The highest BCUT2D eigenvalue weighted by molar-refractivity contribution is 7.92. The highest BCUT2D eigenvalue weighted by atomic mass is 35.5. The van der Waals surface area contributed by atoms with Crippen molar-refractivity contribution in [3.8, 4) is 17.2 Å². The molecule has 0 fully saturated rings. The van der Waals surface area contributed by atoms with Gasteiger partial charge in [0.15, 0.2) is 11.5 Å². The van der Waals surface area contributed by atoms with Crippen LogP contribution in [0.25, 0.3) is 0 Å². The first kappa shape index (κ1) is 28.1. The van der Waals surface area contributed by atoms with Crippen molar-refractivity contribution in [2.75, 3.05) is 38.2 Å². The Morgan fingerprint density at radius 2 is 1.65 bits per heavy atom. The number of aryl methyl sites for hydroxylation is 1. The molecule has 0 radical (unpaired) electrons. The van der Waals surface area contributed by atoms with Gasteiger partial charge in [-0.2, -0.15) is 0 Å². The number of nitrogens with one attached hydrogen (secondary N) is 1. The van der Waals surface area contributed by atoms with Crippen molar-refractivity contribution in [3.63, 3.8) is 0 Å². The zero-order valence-electron chi connectivity index (χ0n) is 21.1. The molecule has 0 bridgehead atoms. The average Bonchev–Trinajstić information content (AvgIpc) is 2.90. The van der Waals surface area contributed by atoms with E-state index in [9.17, 15) is 13.2 Å². The number of anilines is 1. The summed E-state index contributed by atoms with van der Waals surface area (Å²) >= 11 is 6.01. The molecular formula is C27H31ClN2O6S. The Bertz CT molecular complexity index is 1300. The topological polar surface area (TPSA) is 94.2 Å². The van der Waals surface area contributed by atoms with Gasteiger partial charge in [0, 0.05) is 17.6 Å². The zero-order valence-corrected chi connectivity index (χ0v) is 22.6. The minimum absolute atomic E-state index is 0.0413. The van der Waals surface area contributed by atoms with E-state index in [2.05, 4.69) is 5.32 Å². The lowest BCUT2D eigenvalue weighted by Gasteiger charge is -2.24. The molecule has 0 aliphatic carbocycles. The number of sulfonamides is 1. The van der Waals surface area contributed by atoms with Crippen molar-refractivity contribution >= 4 is 33.2 Å². The first-order valence-electron chi connectivity index (χ1n) is 11.8. The lowest BCUT2D eigenvalue weighted by Crippen LogP contribution is -2.41. The molecule has 0 heterocycles. The minimum Gasteiger partial charge on any atom is -0.494 e. The number of carbonyl (C=O) groups excluding carboxylic acids is 1. The smallest absolute Gasteiger partial charge is 0.264 e. The normalized spacial score (nSPS) is 11.0. The Morgan fingerprint density at radius 3 is 2.32 bits per heavy atom. The van der Waals surface area contributed by atoms with E-state index in [4.69, 9.17) is 25.8 Å². The Balaban J connectivity index is 1.75. The Morgan fingerprint density at radius 1 is 0.946 bits per heavy atom. The van der Waals surface area contributed by atoms with Crippen LogP contribution in [0.3, 0.4) is 0 Å². The summed E-state index contributed by atoms with van der Waals surface area (Å²) < 4.78 is 44.5. The van der Waals surface area contributed by atoms with Gasteiger partial charge in [0.05, 0.1) is 31.4 Å². The molecule has 0 atom stereocenters. The molecule has 3 rings (SSSR count). The molecular weight excluding hydrogens is 516 g/mol. The van der Waals surface area contributed by atoms with Gasteiger partial charge in [-0.3, -0.25) is 9.10 Å². The molecule has 0 saturated carbocycles. The zero-order chi connectivity index (χ0) is 26.8. The molecule has 1 amide bonds. The number of ether oxygens (including phenoxy) is 3. The van der Waals surface area contributed by atoms with Gasteiger partial charge in [-0.15, -0.1) is 0 Å². The third-order valence-electron chi connectivity index (χ3n) is 5.56. The molecule has 37 heavy (non-hydrogen) atoms. The first-order valence-corrected chi connectivity index (χ1v) is 13.6. The van der Waals surface area contributed by atoms with Crippen LogP contribution in [-0.4, -0.2) is 48.2 Å². The molecule has 0 unspecified atom stereocenters. The summed E-state index contributed by atoms with van der Waals surface area (Å²) in [5.41, 5.74) is 1.36. The maximum absolute atomic E-state index is 13.6. The van der Waals surface area contributed by atoms with Crippen LogP contribution in [0.15, 0.2) is 71.6 Å². The summed E-state index contributed by atoms with van der Waals surface area (Å²) in [6.45, 7) is 2.47. The van der Waals surface area contributed by atoms with Crippen LogP contribution in [0.1, 0.15) is 18.9 Å². The number of halogens is 1. The molecule has 0 aromatic heterocycles. The van der Waals surface area contributed by atoms with E-state index in [1.165, 1.54) is 32.4 Å². The monoisotopic (exact) mass is 546 g/mol. The SMILES string of the molecule is CCOc1ccccc1CCCNC(=O)CN(c1ccc(Cl)cc1)S(=O)(=O)c1ccc(OC)c(OC)c1. The molecule has 0 aliphatic rings. The van der Waals surface area contributed by atoms with Crippen LogP contribution in [0.5, 0.6) is 17.2 Å². The Labute approximate surface area is 223 Å². The number of carbonyl (C=O) groups is 1. The second-order valence-electron chi connectivity index (χ2n) is 8.00. The van der Waals surface area contributed by atoms with E-state index in [-0.39, 0.29) is 10.6 Å². The summed E-state index contributed by atoms with van der Waals surface area (Å²) in [6.07, 6.45) is 1.38. The second kappa shape index (κ2) is 13.2. The highest BCUT2D eigenvalue weighted by Gasteiger charge is 2.28. The highest BCUT2D eigenvalue weighted by Crippen LogP contribution is 2.32. The van der Waals surface area contributed by atoms with Gasteiger partial charge in [0.2, 0.25) is 5.91 Å². The molecule has 0 spiro atoms. The standard InChI is InChI=1S/C27H31ClN2O6S/c1-4-36-24-10-6-5-8-20(24)9-7-17-29-27(31)19-30(22-13-11-21(28)12-14-22)37(32,33)23-15-16-25(34-2)26(18-23)35-3/h5-6,8,10-16,18H,4,7,9,17,19H2,1-3H3,(H,29,31). The largest absolute Gasteiger partial charge is 0.494 e. The fourth-order valence-electron chi connectivity index (χ4n) is 3.73. The number of amides is 1. The summed E-state index contributed by atoms with van der Waals surface area (Å²) in [7, 11) is -1.24. The second-order valence-corrected chi connectivity index (χ2v) is 10.3. The molecule has 10 heteroatoms. The minimum atomic E-state index is -4.13. The van der Waals surface area contributed by atoms with Gasteiger partial charge >= 0.3 is 0 Å². The maximum Gasteiger partial charge on any atom is 0.264 e.